The topological polar surface area (TPSA) is 73.6 Å². The van der Waals surface area contributed by atoms with Crippen molar-refractivity contribution in [1.82, 2.24) is 0 Å². The van der Waals surface area contributed by atoms with Gasteiger partial charge in [0.2, 0.25) is 6.79 Å². The fraction of sp³-hybridized carbons (Fsp3) is 0.0833. The van der Waals surface area contributed by atoms with Gasteiger partial charge in [0.25, 0.3) is 5.91 Å². The van der Waals surface area contributed by atoms with Crippen molar-refractivity contribution in [2.24, 2.45) is 0 Å². The molecule has 92 valence electrons. The molecule has 0 fully saturated rings. The van der Waals surface area contributed by atoms with Gasteiger partial charge in [-0.25, -0.2) is 0 Å². The number of thiophene rings is 1. The summed E-state index contributed by atoms with van der Waals surface area (Å²) in [5, 5.41) is 4.55. The lowest BCUT2D eigenvalue weighted by Gasteiger charge is -2.05. The summed E-state index contributed by atoms with van der Waals surface area (Å²) in [6.07, 6.45) is 0. The first-order chi connectivity index (χ1) is 8.74. The predicted molar refractivity (Wildman–Crippen MR) is 69.2 cm³/mol. The zero-order chi connectivity index (χ0) is 12.5. The lowest BCUT2D eigenvalue weighted by atomic mass is 10.2. The van der Waals surface area contributed by atoms with E-state index in [1.165, 1.54) is 11.3 Å². The number of carbonyl (C=O) groups excluding carboxylic acids is 1. The summed E-state index contributed by atoms with van der Waals surface area (Å²) in [5.41, 5.74) is 6.82. The van der Waals surface area contributed by atoms with Gasteiger partial charge in [-0.05, 0) is 23.6 Å². The number of fused-ring (bicyclic) bond motifs is 1. The van der Waals surface area contributed by atoms with Crippen molar-refractivity contribution in [3.8, 4) is 11.5 Å². The summed E-state index contributed by atoms with van der Waals surface area (Å²) < 4.78 is 10.4. The maximum absolute atomic E-state index is 11.9. The van der Waals surface area contributed by atoms with Gasteiger partial charge in [-0.2, -0.15) is 0 Å². The van der Waals surface area contributed by atoms with Gasteiger partial charge in [0, 0.05) is 11.8 Å². The number of carbonyl (C=O) groups is 1. The molecule has 0 atom stereocenters. The van der Waals surface area contributed by atoms with E-state index in [1.54, 1.807) is 29.6 Å². The van der Waals surface area contributed by atoms with E-state index < -0.39 is 0 Å². The van der Waals surface area contributed by atoms with E-state index in [9.17, 15) is 4.79 Å². The van der Waals surface area contributed by atoms with Gasteiger partial charge < -0.3 is 20.5 Å². The van der Waals surface area contributed by atoms with Crippen LogP contribution in [0.25, 0.3) is 0 Å². The number of anilines is 2. The average molecular weight is 262 g/mol. The highest BCUT2D eigenvalue weighted by Gasteiger charge is 2.16. The van der Waals surface area contributed by atoms with Crippen LogP contribution in [0.4, 0.5) is 11.4 Å². The molecule has 3 N–H and O–H groups in total. The minimum atomic E-state index is -0.221. The predicted octanol–water partition coefficient (Wildman–Crippen LogP) is 2.31. The summed E-state index contributed by atoms with van der Waals surface area (Å²) in [4.78, 5) is 12.5. The molecule has 0 unspecified atom stereocenters. The Kier molecular flexibility index (Phi) is 2.56. The Bertz CT molecular complexity index is 609. The normalized spacial score (nSPS) is 12.4. The van der Waals surface area contributed by atoms with Crippen molar-refractivity contribution in [3.05, 3.63) is 34.5 Å². The standard InChI is InChI=1S/C12H10N2O3S/c13-8-3-4-18-11(8)12(15)14-7-1-2-9-10(5-7)17-6-16-9/h1-5H,6,13H2,(H,14,15). The van der Waals surface area contributed by atoms with Gasteiger partial charge >= 0.3 is 0 Å². The summed E-state index contributed by atoms with van der Waals surface area (Å²) in [6, 6.07) is 6.95. The third-order valence-corrected chi connectivity index (χ3v) is 3.46. The Morgan fingerprint density at radius 2 is 2.11 bits per heavy atom. The van der Waals surface area contributed by atoms with E-state index in [0.717, 1.165) is 0 Å². The summed E-state index contributed by atoms with van der Waals surface area (Å²) in [7, 11) is 0. The van der Waals surface area contributed by atoms with Crippen molar-refractivity contribution in [1.29, 1.82) is 0 Å². The van der Waals surface area contributed by atoms with Crippen LogP contribution in [0.2, 0.25) is 0 Å². The molecule has 1 aromatic heterocycles. The van der Waals surface area contributed by atoms with Crippen LogP contribution in [-0.4, -0.2) is 12.7 Å². The van der Waals surface area contributed by atoms with Gasteiger partial charge in [-0.3, -0.25) is 4.79 Å². The Morgan fingerprint density at radius 1 is 1.28 bits per heavy atom. The molecule has 1 aliphatic rings. The fourth-order valence-corrected chi connectivity index (χ4v) is 2.38. The van der Waals surface area contributed by atoms with Crippen LogP contribution in [-0.2, 0) is 0 Å². The van der Waals surface area contributed by atoms with Crippen LogP contribution in [0.1, 0.15) is 9.67 Å². The fourth-order valence-electron chi connectivity index (χ4n) is 1.67. The molecule has 0 spiro atoms. The smallest absolute Gasteiger partial charge is 0.267 e. The molecule has 0 bridgehead atoms. The zero-order valence-electron chi connectivity index (χ0n) is 9.30. The van der Waals surface area contributed by atoms with E-state index in [1.807, 2.05) is 0 Å². The van der Waals surface area contributed by atoms with E-state index >= 15 is 0 Å². The van der Waals surface area contributed by atoms with E-state index in [0.29, 0.717) is 27.8 Å². The van der Waals surface area contributed by atoms with Crippen molar-refractivity contribution in [2.45, 2.75) is 0 Å². The first-order valence-corrected chi connectivity index (χ1v) is 6.16. The third-order valence-electron chi connectivity index (χ3n) is 2.53. The highest BCUT2D eigenvalue weighted by Crippen LogP contribution is 2.34. The lowest BCUT2D eigenvalue weighted by molar-refractivity contribution is 0.103. The Hall–Kier alpha value is -2.21. The number of rotatable bonds is 2. The van der Waals surface area contributed by atoms with Crippen molar-refractivity contribution >= 4 is 28.6 Å². The molecule has 1 aliphatic heterocycles. The molecule has 0 saturated carbocycles. The van der Waals surface area contributed by atoms with Gasteiger partial charge in [-0.1, -0.05) is 0 Å². The number of nitrogen functional groups attached to an aromatic ring is 1. The second-order valence-electron chi connectivity index (χ2n) is 3.73. The lowest BCUT2D eigenvalue weighted by Crippen LogP contribution is -2.11. The number of hydrogen-bond acceptors (Lipinski definition) is 5. The molecule has 1 aromatic carbocycles. The zero-order valence-corrected chi connectivity index (χ0v) is 10.1. The van der Waals surface area contributed by atoms with Crippen LogP contribution < -0.4 is 20.5 Å². The maximum Gasteiger partial charge on any atom is 0.267 e. The van der Waals surface area contributed by atoms with E-state index in [-0.39, 0.29) is 12.7 Å². The highest BCUT2D eigenvalue weighted by molar-refractivity contribution is 7.12. The maximum atomic E-state index is 11.9. The van der Waals surface area contributed by atoms with Gasteiger partial charge in [0.05, 0.1) is 5.69 Å². The molecule has 18 heavy (non-hydrogen) atoms. The second kappa shape index (κ2) is 4.23. The number of nitrogens with one attached hydrogen (secondary N) is 1. The molecule has 1 amide bonds. The summed E-state index contributed by atoms with van der Waals surface area (Å²) >= 11 is 1.31. The molecule has 0 radical (unpaired) electrons. The summed E-state index contributed by atoms with van der Waals surface area (Å²) in [5.74, 6) is 1.09. The van der Waals surface area contributed by atoms with Crippen molar-refractivity contribution in [2.75, 3.05) is 17.8 Å². The SMILES string of the molecule is Nc1ccsc1C(=O)Nc1ccc2c(c1)OCO2. The van der Waals surface area contributed by atoms with Crippen LogP contribution in [0, 0.1) is 0 Å². The van der Waals surface area contributed by atoms with Crippen LogP contribution in [0.3, 0.4) is 0 Å². The van der Waals surface area contributed by atoms with Crippen LogP contribution in [0.5, 0.6) is 11.5 Å². The Morgan fingerprint density at radius 3 is 2.89 bits per heavy atom. The number of hydrogen-bond donors (Lipinski definition) is 2. The monoisotopic (exact) mass is 262 g/mol. The van der Waals surface area contributed by atoms with Crippen molar-refractivity contribution in [3.63, 3.8) is 0 Å². The average Bonchev–Trinajstić information content (AvgIpc) is 2.96. The van der Waals surface area contributed by atoms with Gasteiger partial charge in [-0.15, -0.1) is 11.3 Å². The molecule has 6 heteroatoms. The van der Waals surface area contributed by atoms with E-state index in [2.05, 4.69) is 5.32 Å². The van der Waals surface area contributed by atoms with E-state index in [4.69, 9.17) is 15.2 Å². The molecular weight excluding hydrogens is 252 g/mol. The molecule has 5 nitrogen and oxygen atoms in total. The highest BCUT2D eigenvalue weighted by atomic mass is 32.1. The van der Waals surface area contributed by atoms with Crippen LogP contribution >= 0.6 is 11.3 Å². The molecule has 0 aliphatic carbocycles. The first kappa shape index (κ1) is 10.9. The molecule has 0 saturated heterocycles. The molecule has 2 aromatic rings. The Balaban J connectivity index is 1.81. The minimum Gasteiger partial charge on any atom is -0.454 e. The van der Waals surface area contributed by atoms with Gasteiger partial charge in [0.1, 0.15) is 4.88 Å². The molecular formula is C12H10N2O3S. The van der Waals surface area contributed by atoms with Crippen molar-refractivity contribution < 1.29 is 14.3 Å². The largest absolute Gasteiger partial charge is 0.454 e. The third kappa shape index (κ3) is 1.86. The molecule has 3 rings (SSSR count). The molecule has 2 heterocycles. The minimum absolute atomic E-state index is 0.213. The number of benzene rings is 1. The first-order valence-electron chi connectivity index (χ1n) is 5.28. The number of amides is 1. The number of nitrogens with two attached hydrogens (primary N) is 1. The number of ether oxygens (including phenoxy) is 2. The van der Waals surface area contributed by atoms with Gasteiger partial charge in [0.15, 0.2) is 11.5 Å². The van der Waals surface area contributed by atoms with Crippen LogP contribution in [0.15, 0.2) is 29.6 Å². The second-order valence-corrected chi connectivity index (χ2v) is 4.64. The quantitative estimate of drug-likeness (QED) is 0.871. The summed E-state index contributed by atoms with van der Waals surface area (Å²) in [6.45, 7) is 0.213. The Labute approximate surface area is 107 Å².